The molecule has 3 rings (SSSR count). The van der Waals surface area contributed by atoms with Crippen molar-refractivity contribution in [2.45, 2.75) is 19.1 Å². The molecule has 0 spiro atoms. The monoisotopic (exact) mass is 314 g/mol. The van der Waals surface area contributed by atoms with E-state index in [0.717, 1.165) is 16.7 Å². The first-order valence-electron chi connectivity index (χ1n) is 7.41. The Labute approximate surface area is 134 Å². The third-order valence-electron chi connectivity index (χ3n) is 3.83. The Bertz CT molecular complexity index is 708. The zero-order valence-corrected chi connectivity index (χ0v) is 12.7. The molecule has 0 aromatic heterocycles. The van der Waals surface area contributed by atoms with Crippen LogP contribution < -0.4 is 4.74 Å². The highest BCUT2D eigenvalue weighted by atomic mass is 16.6. The summed E-state index contributed by atoms with van der Waals surface area (Å²) in [6, 6.07) is 12.7. The molecule has 1 heterocycles. The zero-order valence-electron chi connectivity index (χ0n) is 12.7. The van der Waals surface area contributed by atoms with Crippen LogP contribution in [0.2, 0.25) is 0 Å². The summed E-state index contributed by atoms with van der Waals surface area (Å²) in [5.41, 5.74) is 2.94. The molecule has 0 radical (unpaired) electrons. The predicted molar refractivity (Wildman–Crippen MR) is 84.8 cm³/mol. The fraction of sp³-hybridized carbons (Fsp3) is 0.278. The molecular formula is C18H18O5. The lowest BCUT2D eigenvalue weighted by atomic mass is 10.0. The molecule has 2 N–H and O–H groups in total. The highest BCUT2D eigenvalue weighted by Gasteiger charge is 2.28. The minimum Gasteiger partial charge on any atom is -0.485 e. The van der Waals surface area contributed by atoms with Crippen LogP contribution in [-0.2, 0) is 4.74 Å². The molecule has 0 saturated carbocycles. The van der Waals surface area contributed by atoms with Crippen LogP contribution in [0.3, 0.4) is 0 Å². The number of aliphatic hydroxyl groups excluding tert-OH is 1. The summed E-state index contributed by atoms with van der Waals surface area (Å²) in [7, 11) is 0. The summed E-state index contributed by atoms with van der Waals surface area (Å²) in [6.45, 7) is 2.51. The van der Waals surface area contributed by atoms with E-state index in [1.807, 2.05) is 31.2 Å². The molecule has 5 heteroatoms. The third kappa shape index (κ3) is 3.52. The van der Waals surface area contributed by atoms with Gasteiger partial charge in [-0.05, 0) is 36.2 Å². The molecule has 5 nitrogen and oxygen atoms in total. The van der Waals surface area contributed by atoms with Crippen molar-refractivity contribution < 1.29 is 24.5 Å². The largest absolute Gasteiger partial charge is 0.485 e. The summed E-state index contributed by atoms with van der Waals surface area (Å²) >= 11 is 0. The normalized spacial score (nSPS) is 20.4. The lowest BCUT2D eigenvalue weighted by Crippen LogP contribution is -2.29. The van der Waals surface area contributed by atoms with Crippen LogP contribution in [0.15, 0.2) is 42.5 Å². The van der Waals surface area contributed by atoms with Crippen LogP contribution in [0, 0.1) is 6.92 Å². The van der Waals surface area contributed by atoms with Gasteiger partial charge < -0.3 is 19.7 Å². The molecule has 2 unspecified atom stereocenters. The number of hydrogen-bond acceptors (Lipinski definition) is 4. The molecule has 1 fully saturated rings. The van der Waals surface area contributed by atoms with Gasteiger partial charge in [0.15, 0.2) is 0 Å². The van der Waals surface area contributed by atoms with Crippen LogP contribution >= 0.6 is 0 Å². The number of benzene rings is 2. The standard InChI is InChI=1S/C18H18O5/c1-11-2-4-12(5-3-11)13-6-14(18(20)21)8-15(7-13)23-17-10-22-9-16(17)19/h2-8,16-17,19H,9-10H2,1H3,(H,20,21). The molecule has 23 heavy (non-hydrogen) atoms. The maximum Gasteiger partial charge on any atom is 0.335 e. The van der Waals surface area contributed by atoms with Crippen molar-refractivity contribution in [3.63, 3.8) is 0 Å². The summed E-state index contributed by atoms with van der Waals surface area (Å²) in [6.07, 6.45) is -1.18. The van der Waals surface area contributed by atoms with Crippen molar-refractivity contribution in [2.24, 2.45) is 0 Å². The molecular weight excluding hydrogens is 296 g/mol. The molecule has 1 saturated heterocycles. The van der Waals surface area contributed by atoms with Gasteiger partial charge >= 0.3 is 5.97 Å². The number of aromatic carboxylic acids is 1. The molecule has 2 aromatic carbocycles. The Balaban J connectivity index is 1.95. The van der Waals surface area contributed by atoms with Crippen LogP contribution in [0.1, 0.15) is 15.9 Å². The van der Waals surface area contributed by atoms with Crippen LogP contribution in [0.5, 0.6) is 5.75 Å². The summed E-state index contributed by atoms with van der Waals surface area (Å²) in [5.74, 6) is -0.609. The number of aliphatic hydroxyl groups is 1. The SMILES string of the molecule is Cc1ccc(-c2cc(OC3COCC3O)cc(C(=O)O)c2)cc1. The van der Waals surface area contributed by atoms with Gasteiger partial charge in [-0.15, -0.1) is 0 Å². The quantitative estimate of drug-likeness (QED) is 0.907. The molecule has 1 aliphatic heterocycles. The van der Waals surface area contributed by atoms with E-state index in [9.17, 15) is 15.0 Å². The van der Waals surface area contributed by atoms with Crippen molar-refractivity contribution in [1.82, 2.24) is 0 Å². The maximum absolute atomic E-state index is 11.4. The van der Waals surface area contributed by atoms with Crippen molar-refractivity contribution in [1.29, 1.82) is 0 Å². The first-order valence-corrected chi connectivity index (χ1v) is 7.41. The van der Waals surface area contributed by atoms with Gasteiger partial charge in [0.25, 0.3) is 0 Å². The Morgan fingerprint density at radius 1 is 1.13 bits per heavy atom. The van der Waals surface area contributed by atoms with Gasteiger partial charge in [0.2, 0.25) is 0 Å². The molecule has 0 bridgehead atoms. The number of carbonyl (C=O) groups is 1. The van der Waals surface area contributed by atoms with Crippen LogP contribution in [0.25, 0.3) is 11.1 Å². The second-order valence-electron chi connectivity index (χ2n) is 5.68. The number of aryl methyl sites for hydroxylation is 1. The third-order valence-corrected chi connectivity index (χ3v) is 3.83. The van der Waals surface area contributed by atoms with Gasteiger partial charge in [0.1, 0.15) is 18.0 Å². The topological polar surface area (TPSA) is 76.0 Å². The highest BCUT2D eigenvalue weighted by Crippen LogP contribution is 2.28. The summed E-state index contributed by atoms with van der Waals surface area (Å²) < 4.78 is 10.9. The highest BCUT2D eigenvalue weighted by molar-refractivity contribution is 5.90. The first-order chi connectivity index (χ1) is 11.0. The van der Waals surface area contributed by atoms with Gasteiger partial charge in [0.05, 0.1) is 18.8 Å². The first kappa shape index (κ1) is 15.5. The minimum absolute atomic E-state index is 0.145. The molecule has 2 atom stereocenters. The van der Waals surface area contributed by atoms with Crippen LogP contribution in [-0.4, -0.2) is 41.6 Å². The smallest absolute Gasteiger partial charge is 0.335 e. The summed E-state index contributed by atoms with van der Waals surface area (Å²) in [4.78, 5) is 11.4. The summed E-state index contributed by atoms with van der Waals surface area (Å²) in [5, 5.41) is 19.1. The van der Waals surface area contributed by atoms with Gasteiger partial charge in [-0.2, -0.15) is 0 Å². The van der Waals surface area contributed by atoms with E-state index in [1.54, 1.807) is 12.1 Å². The number of hydrogen-bond donors (Lipinski definition) is 2. The van der Waals surface area contributed by atoms with E-state index in [-0.39, 0.29) is 12.2 Å². The van der Waals surface area contributed by atoms with E-state index < -0.39 is 18.2 Å². The second-order valence-corrected chi connectivity index (χ2v) is 5.68. The van der Waals surface area contributed by atoms with E-state index in [4.69, 9.17) is 9.47 Å². The van der Waals surface area contributed by atoms with Crippen molar-refractivity contribution in [3.8, 4) is 16.9 Å². The number of carboxylic acid groups (broad SMARTS) is 1. The Hall–Kier alpha value is -2.37. The van der Waals surface area contributed by atoms with Crippen molar-refractivity contribution >= 4 is 5.97 Å². The molecule has 2 aromatic rings. The average Bonchev–Trinajstić information content (AvgIpc) is 2.93. The van der Waals surface area contributed by atoms with Gasteiger partial charge in [-0.1, -0.05) is 29.8 Å². The molecule has 0 aliphatic carbocycles. The van der Waals surface area contributed by atoms with Gasteiger partial charge in [-0.25, -0.2) is 4.79 Å². The Morgan fingerprint density at radius 3 is 2.48 bits per heavy atom. The van der Waals surface area contributed by atoms with Crippen LogP contribution in [0.4, 0.5) is 0 Å². The number of carboxylic acids is 1. The predicted octanol–water partition coefficient (Wildman–Crippen LogP) is 2.50. The Kier molecular flexibility index (Phi) is 4.32. The Morgan fingerprint density at radius 2 is 1.87 bits per heavy atom. The average molecular weight is 314 g/mol. The van der Waals surface area contributed by atoms with E-state index in [0.29, 0.717) is 12.4 Å². The van der Waals surface area contributed by atoms with E-state index >= 15 is 0 Å². The zero-order chi connectivity index (χ0) is 16.4. The number of rotatable bonds is 4. The second kappa shape index (κ2) is 6.40. The van der Waals surface area contributed by atoms with Crippen molar-refractivity contribution in [2.75, 3.05) is 13.2 Å². The lowest BCUT2D eigenvalue weighted by Gasteiger charge is -2.17. The fourth-order valence-corrected chi connectivity index (χ4v) is 2.51. The maximum atomic E-state index is 11.4. The van der Waals surface area contributed by atoms with Gasteiger partial charge in [-0.3, -0.25) is 0 Å². The molecule has 0 amide bonds. The van der Waals surface area contributed by atoms with Crippen molar-refractivity contribution in [3.05, 3.63) is 53.6 Å². The molecule has 1 aliphatic rings. The van der Waals surface area contributed by atoms with E-state index in [1.165, 1.54) is 6.07 Å². The van der Waals surface area contributed by atoms with Gasteiger partial charge in [0, 0.05) is 0 Å². The minimum atomic E-state index is -1.02. The lowest BCUT2D eigenvalue weighted by molar-refractivity contribution is 0.0688. The number of ether oxygens (including phenoxy) is 2. The fourth-order valence-electron chi connectivity index (χ4n) is 2.51. The van der Waals surface area contributed by atoms with E-state index in [2.05, 4.69) is 0 Å². The molecule has 120 valence electrons.